The van der Waals surface area contributed by atoms with E-state index in [1.807, 2.05) is 24.3 Å². The quantitative estimate of drug-likeness (QED) is 0.738. The molecular formula is C17H28N2O. The van der Waals surface area contributed by atoms with E-state index in [1.165, 1.54) is 38.8 Å². The average Bonchev–Trinajstić information content (AvgIpc) is 2.37. The number of nitrogens with zero attached hydrogens (tertiary/aromatic N) is 1. The molecule has 0 spiro atoms. The molecular weight excluding hydrogens is 248 g/mol. The van der Waals surface area contributed by atoms with E-state index in [0.29, 0.717) is 5.41 Å². The minimum absolute atomic E-state index is 0.598. The van der Waals surface area contributed by atoms with E-state index in [9.17, 15) is 0 Å². The standard InChI is InChI=1S/C17H28N2O/c1-3-8-17(9-4-2)13-19(14-17)10-11-20-16-7-5-6-15(18)12-16/h5-7,12H,3-4,8-11,13-14,18H2,1-2H3. The van der Waals surface area contributed by atoms with Gasteiger partial charge in [0.25, 0.3) is 0 Å². The molecule has 0 radical (unpaired) electrons. The zero-order chi connectivity index (χ0) is 14.4. The summed E-state index contributed by atoms with van der Waals surface area (Å²) in [6, 6.07) is 7.66. The van der Waals surface area contributed by atoms with Gasteiger partial charge in [0.05, 0.1) is 0 Å². The van der Waals surface area contributed by atoms with Crippen LogP contribution < -0.4 is 10.5 Å². The van der Waals surface area contributed by atoms with Crippen molar-refractivity contribution in [2.24, 2.45) is 5.41 Å². The summed E-state index contributed by atoms with van der Waals surface area (Å²) in [6.07, 6.45) is 5.34. The molecule has 2 N–H and O–H groups in total. The van der Waals surface area contributed by atoms with Crippen molar-refractivity contribution < 1.29 is 4.74 Å². The molecule has 0 amide bonds. The summed E-state index contributed by atoms with van der Waals surface area (Å²) in [5.41, 5.74) is 7.10. The first-order valence-corrected chi connectivity index (χ1v) is 7.88. The van der Waals surface area contributed by atoms with Crippen molar-refractivity contribution in [3.63, 3.8) is 0 Å². The van der Waals surface area contributed by atoms with Gasteiger partial charge in [-0.05, 0) is 30.4 Å². The molecule has 2 rings (SSSR count). The Balaban J connectivity index is 1.69. The summed E-state index contributed by atoms with van der Waals surface area (Å²) in [5, 5.41) is 0. The van der Waals surface area contributed by atoms with Gasteiger partial charge in [-0.1, -0.05) is 32.8 Å². The molecule has 0 unspecified atom stereocenters. The number of nitrogens with two attached hydrogens (primary N) is 1. The number of anilines is 1. The summed E-state index contributed by atoms with van der Waals surface area (Å²) in [5.74, 6) is 0.874. The lowest BCUT2D eigenvalue weighted by atomic mass is 9.73. The van der Waals surface area contributed by atoms with Crippen molar-refractivity contribution in [3.05, 3.63) is 24.3 Å². The van der Waals surface area contributed by atoms with Crippen molar-refractivity contribution in [3.8, 4) is 5.75 Å². The van der Waals surface area contributed by atoms with Crippen LogP contribution in [0.4, 0.5) is 5.69 Å². The summed E-state index contributed by atoms with van der Waals surface area (Å²) >= 11 is 0. The molecule has 20 heavy (non-hydrogen) atoms. The topological polar surface area (TPSA) is 38.5 Å². The molecule has 0 atom stereocenters. The van der Waals surface area contributed by atoms with Gasteiger partial charge in [-0.25, -0.2) is 0 Å². The van der Waals surface area contributed by atoms with Gasteiger partial charge in [0.15, 0.2) is 0 Å². The van der Waals surface area contributed by atoms with Crippen LogP contribution in [0.1, 0.15) is 39.5 Å². The molecule has 1 fully saturated rings. The van der Waals surface area contributed by atoms with E-state index in [2.05, 4.69) is 18.7 Å². The van der Waals surface area contributed by atoms with Crippen molar-refractivity contribution in [2.45, 2.75) is 39.5 Å². The molecule has 1 heterocycles. The molecule has 1 aliphatic heterocycles. The zero-order valence-electron chi connectivity index (χ0n) is 12.9. The summed E-state index contributed by atoms with van der Waals surface area (Å²) in [7, 11) is 0. The fraction of sp³-hybridized carbons (Fsp3) is 0.647. The molecule has 3 heteroatoms. The fourth-order valence-corrected chi connectivity index (χ4v) is 3.46. The Hall–Kier alpha value is -1.22. The van der Waals surface area contributed by atoms with Gasteiger partial charge >= 0.3 is 0 Å². The maximum Gasteiger partial charge on any atom is 0.121 e. The van der Waals surface area contributed by atoms with E-state index in [4.69, 9.17) is 10.5 Å². The SMILES string of the molecule is CCCC1(CCC)CN(CCOc2cccc(N)c2)C1. The van der Waals surface area contributed by atoms with Gasteiger partial charge in [-0.15, -0.1) is 0 Å². The van der Waals surface area contributed by atoms with Crippen LogP contribution in [0, 0.1) is 5.41 Å². The summed E-state index contributed by atoms with van der Waals surface area (Å²) < 4.78 is 5.76. The lowest BCUT2D eigenvalue weighted by molar-refractivity contribution is -0.0207. The molecule has 0 saturated carbocycles. The van der Waals surface area contributed by atoms with E-state index in [1.54, 1.807) is 0 Å². The van der Waals surface area contributed by atoms with Crippen molar-refractivity contribution in [1.29, 1.82) is 0 Å². The summed E-state index contributed by atoms with van der Waals surface area (Å²) in [6.45, 7) is 8.84. The van der Waals surface area contributed by atoms with Crippen molar-refractivity contribution in [2.75, 3.05) is 32.0 Å². The largest absolute Gasteiger partial charge is 0.492 e. The molecule has 1 aliphatic rings. The molecule has 1 aromatic rings. The van der Waals surface area contributed by atoms with Crippen LogP contribution in [-0.2, 0) is 0 Å². The van der Waals surface area contributed by atoms with Crippen molar-refractivity contribution in [1.82, 2.24) is 4.90 Å². The van der Waals surface area contributed by atoms with Crippen LogP contribution in [0.15, 0.2) is 24.3 Å². The molecule has 0 aromatic heterocycles. The van der Waals surface area contributed by atoms with Gasteiger partial charge < -0.3 is 10.5 Å². The van der Waals surface area contributed by atoms with E-state index in [0.717, 1.165) is 24.6 Å². The Morgan fingerprint density at radius 3 is 2.50 bits per heavy atom. The zero-order valence-corrected chi connectivity index (χ0v) is 12.9. The monoisotopic (exact) mass is 276 g/mol. The fourth-order valence-electron chi connectivity index (χ4n) is 3.46. The van der Waals surface area contributed by atoms with Crippen LogP contribution in [0.2, 0.25) is 0 Å². The third kappa shape index (κ3) is 3.89. The van der Waals surface area contributed by atoms with Gasteiger partial charge in [0, 0.05) is 31.4 Å². The minimum Gasteiger partial charge on any atom is -0.492 e. The average molecular weight is 276 g/mol. The second-order valence-corrected chi connectivity index (χ2v) is 6.13. The van der Waals surface area contributed by atoms with Gasteiger partial charge in [-0.3, -0.25) is 4.90 Å². The number of likely N-dealkylation sites (tertiary alicyclic amines) is 1. The lowest BCUT2D eigenvalue weighted by Gasteiger charge is -2.50. The first-order chi connectivity index (χ1) is 9.67. The third-order valence-electron chi connectivity index (χ3n) is 4.21. The van der Waals surface area contributed by atoms with E-state index in [-0.39, 0.29) is 0 Å². The second kappa shape index (κ2) is 6.98. The molecule has 1 aromatic carbocycles. The maximum absolute atomic E-state index is 5.76. The van der Waals surface area contributed by atoms with Gasteiger partial charge in [0.1, 0.15) is 12.4 Å². The Morgan fingerprint density at radius 1 is 1.20 bits per heavy atom. The maximum atomic E-state index is 5.76. The molecule has 1 saturated heterocycles. The number of hydrogen-bond donors (Lipinski definition) is 1. The smallest absolute Gasteiger partial charge is 0.121 e. The lowest BCUT2D eigenvalue weighted by Crippen LogP contribution is -2.57. The van der Waals surface area contributed by atoms with Crippen molar-refractivity contribution >= 4 is 5.69 Å². The van der Waals surface area contributed by atoms with Crippen LogP contribution in [0.3, 0.4) is 0 Å². The molecule has 3 nitrogen and oxygen atoms in total. The highest BCUT2D eigenvalue weighted by molar-refractivity contribution is 5.43. The Kier molecular flexibility index (Phi) is 5.30. The number of nitrogen functional groups attached to an aromatic ring is 1. The van der Waals surface area contributed by atoms with E-state index >= 15 is 0 Å². The van der Waals surface area contributed by atoms with Gasteiger partial charge in [0.2, 0.25) is 0 Å². The number of rotatable bonds is 8. The predicted octanol–water partition coefficient (Wildman–Crippen LogP) is 3.55. The summed E-state index contributed by atoms with van der Waals surface area (Å²) in [4.78, 5) is 2.51. The number of hydrogen-bond acceptors (Lipinski definition) is 3. The third-order valence-corrected chi connectivity index (χ3v) is 4.21. The highest BCUT2D eigenvalue weighted by Gasteiger charge is 2.40. The normalized spacial score (nSPS) is 17.7. The van der Waals surface area contributed by atoms with E-state index < -0.39 is 0 Å². The van der Waals surface area contributed by atoms with Crippen LogP contribution in [0.5, 0.6) is 5.75 Å². The number of benzene rings is 1. The first-order valence-electron chi connectivity index (χ1n) is 7.88. The Bertz CT molecular complexity index is 405. The highest BCUT2D eigenvalue weighted by Crippen LogP contribution is 2.39. The molecule has 112 valence electrons. The van der Waals surface area contributed by atoms with Gasteiger partial charge in [-0.2, -0.15) is 0 Å². The molecule has 0 aliphatic carbocycles. The minimum atomic E-state index is 0.598. The second-order valence-electron chi connectivity index (χ2n) is 6.13. The first kappa shape index (κ1) is 15.2. The molecule has 0 bridgehead atoms. The predicted molar refractivity (Wildman–Crippen MR) is 85.0 cm³/mol. The highest BCUT2D eigenvalue weighted by atomic mass is 16.5. The van der Waals surface area contributed by atoms with Crippen LogP contribution >= 0.6 is 0 Å². The Morgan fingerprint density at radius 2 is 1.90 bits per heavy atom. The van der Waals surface area contributed by atoms with Crippen LogP contribution in [-0.4, -0.2) is 31.1 Å². The van der Waals surface area contributed by atoms with Crippen LogP contribution in [0.25, 0.3) is 0 Å². The number of ether oxygens (including phenoxy) is 1. The Labute approximate surface area is 123 Å².